The quantitative estimate of drug-likeness (QED) is 0.199. The summed E-state index contributed by atoms with van der Waals surface area (Å²) in [5.74, 6) is -2.68. The molecule has 0 aromatic heterocycles. The molecule has 7 heteroatoms. The van der Waals surface area contributed by atoms with Gasteiger partial charge in [-0.1, -0.05) is 120 Å². The Labute approximate surface area is 254 Å². The Kier molecular flexibility index (Phi) is 28.9. The third kappa shape index (κ3) is 20.1. The fraction of sp³-hybridized carbons (Fsp3) is 0.900. The number of rotatable bonds is 18. The molecule has 37 heavy (non-hydrogen) atoms. The van der Waals surface area contributed by atoms with Crippen LogP contribution in [-0.4, -0.2) is 17.9 Å². The van der Waals surface area contributed by atoms with Crippen molar-refractivity contribution in [2.24, 2.45) is 16.2 Å². The van der Waals surface area contributed by atoms with Gasteiger partial charge in [0.2, 0.25) is 0 Å². The zero-order valence-corrected chi connectivity index (χ0v) is 28.5. The zero-order valence-electron chi connectivity index (χ0n) is 25.6. The van der Waals surface area contributed by atoms with Crippen molar-refractivity contribution >= 4 is 17.9 Å². The minimum atomic E-state index is -0.902. The normalized spacial score (nSPS) is 15.2. The summed E-state index contributed by atoms with van der Waals surface area (Å²) in [6, 6.07) is 0. The molecule has 0 bridgehead atoms. The van der Waals surface area contributed by atoms with Crippen LogP contribution in [0.15, 0.2) is 0 Å². The number of carbonyl (C=O) groups excluding carboxylic acids is 3. The van der Waals surface area contributed by atoms with Crippen molar-refractivity contribution in [1.82, 2.24) is 0 Å². The van der Waals surface area contributed by atoms with E-state index in [1.165, 1.54) is 0 Å². The van der Waals surface area contributed by atoms with E-state index in [-0.39, 0.29) is 32.7 Å². The first kappa shape index (κ1) is 43.6. The number of unbranched alkanes of at least 4 members (excludes halogenated alkanes) is 4. The molecule has 0 rings (SSSR count). The monoisotopic (exact) mass is 602 g/mol. The molecule has 0 radical (unpaired) electrons. The van der Waals surface area contributed by atoms with E-state index in [9.17, 15) is 29.7 Å². The SMILES string of the molecule is CCCCC(C)(CCC)C(=O)[O-].CCCCC(C)(CCC)C(=O)[O-].CCCCCC(C)(CC)C(=O)[O-].[Y+3]. The number of carboxylic acid groups (broad SMARTS) is 3. The van der Waals surface area contributed by atoms with Gasteiger partial charge in [0.25, 0.3) is 0 Å². The molecule has 0 aliphatic carbocycles. The molecule has 0 aliphatic rings. The molecule has 6 nitrogen and oxygen atoms in total. The van der Waals surface area contributed by atoms with Crippen LogP contribution in [0.1, 0.15) is 159 Å². The molecule has 3 unspecified atom stereocenters. The molecule has 3 atom stereocenters. The van der Waals surface area contributed by atoms with Crippen molar-refractivity contribution in [3.63, 3.8) is 0 Å². The van der Waals surface area contributed by atoms with Crippen molar-refractivity contribution in [3.05, 3.63) is 0 Å². The third-order valence-electron chi connectivity index (χ3n) is 7.36. The number of hydrogen-bond acceptors (Lipinski definition) is 6. The number of carboxylic acids is 3. The minimum Gasteiger partial charge on any atom is -0.550 e. The Hall–Kier alpha value is -0.486. The van der Waals surface area contributed by atoms with Crippen LogP contribution in [0.4, 0.5) is 0 Å². The van der Waals surface area contributed by atoms with Crippen LogP contribution in [0.3, 0.4) is 0 Å². The van der Waals surface area contributed by atoms with E-state index < -0.39 is 34.2 Å². The standard InChI is InChI=1S/3C10H20O2.Y/c1-4-6-7-8-10(3,5-2)9(11)12;2*1-4-6-8-10(3,7-5-2)9(11)12;/h3*4-8H2,1-3H3,(H,11,12);/q;;;+3/p-3. The summed E-state index contributed by atoms with van der Waals surface area (Å²) in [6.45, 7) is 17.5. The molecule has 0 aromatic rings. The summed E-state index contributed by atoms with van der Waals surface area (Å²) in [4.78, 5) is 32.3. The second kappa shape index (κ2) is 24.5. The smallest absolute Gasteiger partial charge is 0.550 e. The van der Waals surface area contributed by atoms with Gasteiger partial charge in [0.1, 0.15) is 0 Å². The molecular weight excluding hydrogens is 545 g/mol. The van der Waals surface area contributed by atoms with Crippen LogP contribution in [-0.2, 0) is 47.1 Å². The summed E-state index contributed by atoms with van der Waals surface area (Å²) >= 11 is 0. The second-order valence-corrected chi connectivity index (χ2v) is 11.1. The van der Waals surface area contributed by atoms with Crippen molar-refractivity contribution in [1.29, 1.82) is 0 Å². The number of carbonyl (C=O) groups is 3. The predicted molar refractivity (Wildman–Crippen MR) is 143 cm³/mol. The van der Waals surface area contributed by atoms with Crippen LogP contribution in [0.25, 0.3) is 0 Å². The topological polar surface area (TPSA) is 120 Å². The van der Waals surface area contributed by atoms with Crippen LogP contribution >= 0.6 is 0 Å². The molecule has 0 saturated heterocycles. The van der Waals surface area contributed by atoms with Gasteiger partial charge in [-0.3, -0.25) is 0 Å². The minimum absolute atomic E-state index is 0. The zero-order chi connectivity index (χ0) is 28.8. The van der Waals surface area contributed by atoms with Gasteiger partial charge in [-0.05, 0) is 38.5 Å². The fourth-order valence-electron chi connectivity index (χ4n) is 4.08. The van der Waals surface area contributed by atoms with Crippen molar-refractivity contribution in [2.75, 3.05) is 0 Å². The molecule has 0 amide bonds. The second-order valence-electron chi connectivity index (χ2n) is 11.1. The van der Waals surface area contributed by atoms with Crippen LogP contribution in [0.5, 0.6) is 0 Å². The fourth-order valence-corrected chi connectivity index (χ4v) is 4.08. The Morgan fingerprint density at radius 2 is 0.757 bits per heavy atom. The first-order valence-corrected chi connectivity index (χ1v) is 14.3. The molecule has 0 aliphatic heterocycles. The molecule has 0 heterocycles. The van der Waals surface area contributed by atoms with E-state index in [2.05, 4.69) is 20.8 Å². The van der Waals surface area contributed by atoms with Crippen LogP contribution in [0, 0.1) is 16.2 Å². The van der Waals surface area contributed by atoms with Gasteiger partial charge in [0, 0.05) is 34.2 Å². The summed E-state index contributed by atoms with van der Waals surface area (Å²) in [5.41, 5.74) is -1.79. The number of hydrogen-bond donors (Lipinski definition) is 0. The molecule has 0 spiro atoms. The Balaban J connectivity index is -0.000000218. The van der Waals surface area contributed by atoms with Gasteiger partial charge in [-0.2, -0.15) is 0 Å². The number of aliphatic carboxylic acids is 3. The Morgan fingerprint density at radius 3 is 0.973 bits per heavy atom. The average molecular weight is 603 g/mol. The first-order chi connectivity index (χ1) is 16.7. The maximum Gasteiger partial charge on any atom is 3.00 e. The average Bonchev–Trinajstić information content (AvgIpc) is 2.82. The maximum atomic E-state index is 10.8. The van der Waals surface area contributed by atoms with Crippen molar-refractivity contribution < 1.29 is 62.4 Å². The van der Waals surface area contributed by atoms with E-state index in [4.69, 9.17) is 0 Å². The van der Waals surface area contributed by atoms with Gasteiger partial charge < -0.3 is 29.7 Å². The Bertz CT molecular complexity index is 563. The van der Waals surface area contributed by atoms with E-state index in [1.54, 1.807) is 20.8 Å². The molecule has 0 aromatic carbocycles. The van der Waals surface area contributed by atoms with Crippen molar-refractivity contribution in [3.8, 4) is 0 Å². The van der Waals surface area contributed by atoms with E-state index >= 15 is 0 Å². The van der Waals surface area contributed by atoms with Gasteiger partial charge in [-0.15, -0.1) is 0 Å². The van der Waals surface area contributed by atoms with E-state index in [0.717, 1.165) is 89.9 Å². The summed E-state index contributed by atoms with van der Waals surface area (Å²) in [5, 5.41) is 32.3. The summed E-state index contributed by atoms with van der Waals surface area (Å²) in [6.07, 6.45) is 13.5. The van der Waals surface area contributed by atoms with Gasteiger partial charge in [0.05, 0.1) is 0 Å². The molecule has 216 valence electrons. The Morgan fingerprint density at radius 1 is 0.459 bits per heavy atom. The third-order valence-corrected chi connectivity index (χ3v) is 7.36. The molecule has 0 N–H and O–H groups in total. The largest absolute Gasteiger partial charge is 3.00 e. The van der Waals surface area contributed by atoms with Gasteiger partial charge in [0.15, 0.2) is 0 Å². The van der Waals surface area contributed by atoms with Gasteiger partial charge >= 0.3 is 32.7 Å². The van der Waals surface area contributed by atoms with Crippen molar-refractivity contribution in [2.45, 2.75) is 159 Å². The van der Waals surface area contributed by atoms with E-state index in [1.807, 2.05) is 20.8 Å². The van der Waals surface area contributed by atoms with Crippen LogP contribution in [0.2, 0.25) is 0 Å². The van der Waals surface area contributed by atoms with Gasteiger partial charge in [-0.25, -0.2) is 0 Å². The summed E-state index contributed by atoms with van der Waals surface area (Å²) < 4.78 is 0. The molecular formula is C30H57O6Y. The van der Waals surface area contributed by atoms with Crippen LogP contribution < -0.4 is 15.3 Å². The molecule has 0 saturated carbocycles. The maximum absolute atomic E-state index is 10.8. The summed E-state index contributed by atoms with van der Waals surface area (Å²) in [7, 11) is 0. The van der Waals surface area contributed by atoms with E-state index in [0.29, 0.717) is 6.42 Å². The predicted octanol–water partition coefficient (Wildman–Crippen LogP) is 5.20. The first-order valence-electron chi connectivity index (χ1n) is 14.3. The molecule has 0 fully saturated rings.